The highest BCUT2D eigenvalue weighted by molar-refractivity contribution is 6.02. The summed E-state index contributed by atoms with van der Waals surface area (Å²) in [6.07, 6.45) is 0. The summed E-state index contributed by atoms with van der Waals surface area (Å²) in [5.74, 6) is 0.872. The average molecular weight is 564 g/mol. The van der Waals surface area contributed by atoms with Crippen molar-refractivity contribution in [2.24, 2.45) is 0 Å². The molecule has 0 saturated heterocycles. The van der Waals surface area contributed by atoms with Crippen LogP contribution in [0.3, 0.4) is 0 Å². The van der Waals surface area contributed by atoms with Gasteiger partial charge in [-0.3, -0.25) is 0 Å². The van der Waals surface area contributed by atoms with Gasteiger partial charge in [0.15, 0.2) is 0 Å². The van der Waals surface area contributed by atoms with Gasteiger partial charge in [0, 0.05) is 33.6 Å². The quantitative estimate of drug-likeness (QED) is 0.200. The SMILES string of the molecule is c1ccc(-c2c(-c3cccc(N(c4ccccc4)c4cccc(-c5ccc6ccccc6c5)c4)c3)oc3ccccc23)cc1. The summed E-state index contributed by atoms with van der Waals surface area (Å²) in [5, 5.41) is 3.60. The minimum Gasteiger partial charge on any atom is -0.455 e. The van der Waals surface area contributed by atoms with Crippen LogP contribution in [-0.4, -0.2) is 0 Å². The summed E-state index contributed by atoms with van der Waals surface area (Å²) in [4.78, 5) is 2.32. The van der Waals surface area contributed by atoms with Crippen molar-refractivity contribution in [1.29, 1.82) is 0 Å². The second-order valence-corrected chi connectivity index (χ2v) is 11.0. The molecule has 0 spiro atoms. The van der Waals surface area contributed by atoms with E-state index in [-0.39, 0.29) is 0 Å². The van der Waals surface area contributed by atoms with Crippen molar-refractivity contribution in [3.63, 3.8) is 0 Å². The van der Waals surface area contributed by atoms with Gasteiger partial charge in [-0.2, -0.15) is 0 Å². The Morgan fingerprint density at radius 1 is 0.364 bits per heavy atom. The molecular weight excluding hydrogens is 534 g/mol. The highest BCUT2D eigenvalue weighted by atomic mass is 16.3. The Morgan fingerprint density at radius 2 is 0.932 bits per heavy atom. The van der Waals surface area contributed by atoms with Crippen LogP contribution in [0.2, 0.25) is 0 Å². The maximum Gasteiger partial charge on any atom is 0.143 e. The number of hydrogen-bond donors (Lipinski definition) is 0. The molecule has 0 N–H and O–H groups in total. The molecule has 0 atom stereocenters. The maximum atomic E-state index is 6.58. The number of furan rings is 1. The maximum absolute atomic E-state index is 6.58. The zero-order valence-electron chi connectivity index (χ0n) is 24.1. The molecule has 44 heavy (non-hydrogen) atoms. The summed E-state index contributed by atoms with van der Waals surface area (Å²) < 4.78 is 6.58. The second-order valence-electron chi connectivity index (χ2n) is 11.0. The first-order valence-corrected chi connectivity index (χ1v) is 14.9. The van der Waals surface area contributed by atoms with E-state index in [1.807, 2.05) is 12.1 Å². The van der Waals surface area contributed by atoms with Crippen LogP contribution in [0.4, 0.5) is 17.1 Å². The Balaban J connectivity index is 1.27. The van der Waals surface area contributed by atoms with Gasteiger partial charge >= 0.3 is 0 Å². The van der Waals surface area contributed by atoms with E-state index >= 15 is 0 Å². The van der Waals surface area contributed by atoms with E-state index < -0.39 is 0 Å². The number of nitrogens with zero attached hydrogens (tertiary/aromatic N) is 1. The Hall–Kier alpha value is -5.86. The van der Waals surface area contributed by atoms with Crippen molar-refractivity contribution in [3.8, 4) is 33.6 Å². The highest BCUT2D eigenvalue weighted by Gasteiger charge is 2.20. The normalized spacial score (nSPS) is 11.2. The van der Waals surface area contributed by atoms with Crippen LogP contribution >= 0.6 is 0 Å². The van der Waals surface area contributed by atoms with Gasteiger partial charge in [-0.1, -0.05) is 127 Å². The van der Waals surface area contributed by atoms with E-state index in [0.29, 0.717) is 0 Å². The fourth-order valence-corrected chi connectivity index (χ4v) is 6.14. The molecule has 2 heteroatoms. The second kappa shape index (κ2) is 11.1. The van der Waals surface area contributed by atoms with Crippen LogP contribution in [0.15, 0.2) is 180 Å². The molecule has 0 bridgehead atoms. The third kappa shape index (κ3) is 4.73. The van der Waals surface area contributed by atoms with E-state index in [1.54, 1.807) is 0 Å². The highest BCUT2D eigenvalue weighted by Crippen LogP contribution is 2.43. The molecule has 0 radical (unpaired) electrons. The molecule has 0 fully saturated rings. The fourth-order valence-electron chi connectivity index (χ4n) is 6.14. The lowest BCUT2D eigenvalue weighted by Crippen LogP contribution is -2.10. The predicted octanol–water partition coefficient (Wildman–Crippen LogP) is 12.1. The molecule has 1 aromatic heterocycles. The monoisotopic (exact) mass is 563 g/mol. The van der Waals surface area contributed by atoms with Crippen LogP contribution in [0.25, 0.3) is 55.3 Å². The first-order chi connectivity index (χ1) is 21.8. The van der Waals surface area contributed by atoms with Crippen LogP contribution in [-0.2, 0) is 0 Å². The standard InChI is InChI=1S/C42H29NO/c1-3-14-31(15-4-1)41-39-23-9-10-24-40(39)44-42(41)35-18-12-22-38(29-35)43(36-19-5-2-6-20-36)37-21-11-17-33(28-37)34-26-25-30-13-7-8-16-32(30)27-34/h1-29H. The van der Waals surface area contributed by atoms with E-state index in [0.717, 1.165) is 50.5 Å². The summed E-state index contributed by atoms with van der Waals surface area (Å²) >= 11 is 0. The molecule has 7 aromatic carbocycles. The van der Waals surface area contributed by atoms with Crippen molar-refractivity contribution < 1.29 is 4.42 Å². The van der Waals surface area contributed by atoms with Gasteiger partial charge in [0.1, 0.15) is 11.3 Å². The Kier molecular flexibility index (Phi) is 6.51. The van der Waals surface area contributed by atoms with Crippen molar-refractivity contribution in [2.75, 3.05) is 4.90 Å². The fraction of sp³-hybridized carbons (Fsp3) is 0. The zero-order valence-corrected chi connectivity index (χ0v) is 24.1. The molecule has 2 nitrogen and oxygen atoms in total. The van der Waals surface area contributed by atoms with Crippen LogP contribution in [0.1, 0.15) is 0 Å². The zero-order chi connectivity index (χ0) is 29.3. The largest absolute Gasteiger partial charge is 0.455 e. The van der Waals surface area contributed by atoms with Gasteiger partial charge in [0.2, 0.25) is 0 Å². The van der Waals surface area contributed by atoms with Crippen LogP contribution < -0.4 is 4.90 Å². The lowest BCUT2D eigenvalue weighted by Gasteiger charge is -2.26. The molecule has 0 aliphatic heterocycles. The van der Waals surface area contributed by atoms with Crippen molar-refractivity contribution >= 4 is 38.8 Å². The molecule has 8 aromatic rings. The molecule has 1 heterocycles. The Labute approximate surface area is 257 Å². The van der Waals surface area contributed by atoms with Gasteiger partial charge in [0.05, 0.1) is 0 Å². The number of anilines is 3. The summed E-state index contributed by atoms with van der Waals surface area (Å²) in [7, 11) is 0. The molecule has 0 aliphatic carbocycles. The summed E-state index contributed by atoms with van der Waals surface area (Å²) in [5.41, 5.74) is 9.78. The average Bonchev–Trinajstić information content (AvgIpc) is 3.49. The summed E-state index contributed by atoms with van der Waals surface area (Å²) in [6, 6.07) is 62.0. The molecule has 0 saturated carbocycles. The number of fused-ring (bicyclic) bond motifs is 2. The van der Waals surface area contributed by atoms with Gasteiger partial charge in [-0.15, -0.1) is 0 Å². The lowest BCUT2D eigenvalue weighted by atomic mass is 9.98. The van der Waals surface area contributed by atoms with Crippen LogP contribution in [0.5, 0.6) is 0 Å². The van der Waals surface area contributed by atoms with Crippen molar-refractivity contribution in [2.45, 2.75) is 0 Å². The number of rotatable bonds is 6. The van der Waals surface area contributed by atoms with Gasteiger partial charge in [-0.05, 0) is 76.0 Å². The lowest BCUT2D eigenvalue weighted by molar-refractivity contribution is 0.632. The van der Waals surface area contributed by atoms with Gasteiger partial charge < -0.3 is 9.32 Å². The topological polar surface area (TPSA) is 16.4 Å². The Bertz CT molecular complexity index is 2230. The van der Waals surface area contributed by atoms with Crippen molar-refractivity contribution in [3.05, 3.63) is 176 Å². The van der Waals surface area contributed by atoms with E-state index in [4.69, 9.17) is 4.42 Å². The number of benzene rings is 7. The van der Waals surface area contributed by atoms with E-state index in [9.17, 15) is 0 Å². The number of hydrogen-bond acceptors (Lipinski definition) is 2. The molecule has 0 aliphatic rings. The summed E-state index contributed by atoms with van der Waals surface area (Å²) in [6.45, 7) is 0. The third-order valence-corrected chi connectivity index (χ3v) is 8.23. The van der Waals surface area contributed by atoms with E-state index in [2.05, 4.69) is 169 Å². The predicted molar refractivity (Wildman–Crippen MR) is 185 cm³/mol. The molecule has 0 amide bonds. The van der Waals surface area contributed by atoms with E-state index in [1.165, 1.54) is 21.9 Å². The smallest absolute Gasteiger partial charge is 0.143 e. The third-order valence-electron chi connectivity index (χ3n) is 8.23. The molecule has 8 rings (SSSR count). The Morgan fingerprint density at radius 3 is 1.73 bits per heavy atom. The molecular formula is C42H29NO. The molecule has 208 valence electrons. The molecule has 0 unspecified atom stereocenters. The minimum absolute atomic E-state index is 0.872. The van der Waals surface area contributed by atoms with Crippen LogP contribution in [0, 0.1) is 0 Å². The van der Waals surface area contributed by atoms with Gasteiger partial charge in [-0.25, -0.2) is 0 Å². The first kappa shape index (κ1) is 25.8. The van der Waals surface area contributed by atoms with Crippen molar-refractivity contribution in [1.82, 2.24) is 0 Å². The first-order valence-electron chi connectivity index (χ1n) is 14.9. The minimum atomic E-state index is 0.872. The van der Waals surface area contributed by atoms with Gasteiger partial charge in [0.25, 0.3) is 0 Å². The number of para-hydroxylation sites is 2.